The van der Waals surface area contributed by atoms with Gasteiger partial charge in [-0.3, -0.25) is 4.79 Å². The Bertz CT molecular complexity index is 1450. The lowest BCUT2D eigenvalue weighted by molar-refractivity contribution is 0.602. The number of nitrogens with zero attached hydrogens (tertiary/aromatic N) is 2. The van der Waals surface area contributed by atoms with E-state index in [0.29, 0.717) is 22.3 Å². The van der Waals surface area contributed by atoms with Gasteiger partial charge < -0.3 is 0 Å². The molecule has 1 heterocycles. The number of halogens is 2. The number of sulfone groups is 1. The molecule has 0 spiro atoms. The Morgan fingerprint density at radius 1 is 0.875 bits per heavy atom. The Kier molecular flexibility index (Phi) is 5.71. The van der Waals surface area contributed by atoms with Crippen molar-refractivity contribution in [1.82, 2.24) is 9.78 Å². The van der Waals surface area contributed by atoms with Gasteiger partial charge in [-0.15, -0.1) is 0 Å². The predicted molar refractivity (Wildman–Crippen MR) is 118 cm³/mol. The van der Waals surface area contributed by atoms with Crippen molar-refractivity contribution in [3.63, 3.8) is 0 Å². The third-order valence-corrected chi connectivity index (χ3v) is 6.11. The van der Waals surface area contributed by atoms with Crippen LogP contribution >= 0.6 is 0 Å². The molecule has 0 amide bonds. The number of benzene rings is 3. The highest BCUT2D eigenvalue weighted by Crippen LogP contribution is 2.30. The smallest absolute Gasteiger partial charge is 0.267 e. The summed E-state index contributed by atoms with van der Waals surface area (Å²) in [5.41, 5.74) is 1.87. The van der Waals surface area contributed by atoms with E-state index in [1.54, 1.807) is 24.3 Å². The molecule has 0 fully saturated rings. The van der Waals surface area contributed by atoms with Gasteiger partial charge in [-0.05, 0) is 53.1 Å². The van der Waals surface area contributed by atoms with Gasteiger partial charge in [0.25, 0.3) is 5.56 Å². The Morgan fingerprint density at radius 2 is 1.50 bits per heavy atom. The third kappa shape index (κ3) is 4.50. The highest BCUT2D eigenvalue weighted by atomic mass is 32.2. The van der Waals surface area contributed by atoms with Crippen LogP contribution in [0.4, 0.5) is 8.78 Å². The second-order valence-electron chi connectivity index (χ2n) is 7.33. The quantitative estimate of drug-likeness (QED) is 0.453. The van der Waals surface area contributed by atoms with Gasteiger partial charge in [0.15, 0.2) is 9.84 Å². The van der Waals surface area contributed by atoms with Crippen LogP contribution in [0.2, 0.25) is 0 Å². The van der Waals surface area contributed by atoms with Crippen molar-refractivity contribution >= 4 is 9.84 Å². The molecular weight excluding hydrogens is 434 g/mol. The van der Waals surface area contributed by atoms with Crippen LogP contribution in [0.1, 0.15) is 5.56 Å². The third-order valence-electron chi connectivity index (χ3n) is 5.00. The zero-order valence-corrected chi connectivity index (χ0v) is 17.8. The first-order valence-corrected chi connectivity index (χ1v) is 11.5. The van der Waals surface area contributed by atoms with Gasteiger partial charge in [0.05, 0.1) is 23.2 Å². The van der Waals surface area contributed by atoms with E-state index >= 15 is 0 Å². The van der Waals surface area contributed by atoms with E-state index in [-0.39, 0.29) is 22.8 Å². The average Bonchev–Trinajstić information content (AvgIpc) is 2.77. The minimum absolute atomic E-state index is 0.107. The summed E-state index contributed by atoms with van der Waals surface area (Å²) in [5, 5.41) is 4.25. The Morgan fingerprint density at radius 3 is 2.12 bits per heavy atom. The second-order valence-corrected chi connectivity index (χ2v) is 9.35. The van der Waals surface area contributed by atoms with Crippen molar-refractivity contribution in [2.45, 2.75) is 11.4 Å². The molecule has 0 aliphatic rings. The summed E-state index contributed by atoms with van der Waals surface area (Å²) in [5.74, 6) is -0.836. The summed E-state index contributed by atoms with van der Waals surface area (Å²) in [6.07, 6.45) is 2.58. The van der Waals surface area contributed by atoms with E-state index < -0.39 is 21.2 Å². The lowest BCUT2D eigenvalue weighted by Crippen LogP contribution is -2.25. The molecule has 0 saturated heterocycles. The normalized spacial score (nSPS) is 11.5. The Labute approximate surface area is 183 Å². The summed E-state index contributed by atoms with van der Waals surface area (Å²) >= 11 is 0. The Balaban J connectivity index is 1.90. The van der Waals surface area contributed by atoms with Crippen molar-refractivity contribution in [2.24, 2.45) is 0 Å². The summed E-state index contributed by atoms with van der Waals surface area (Å²) in [6.45, 7) is 0.108. The molecule has 0 bridgehead atoms. The van der Waals surface area contributed by atoms with E-state index in [4.69, 9.17) is 0 Å². The number of hydrogen-bond acceptors (Lipinski definition) is 4. The van der Waals surface area contributed by atoms with Crippen LogP contribution in [0.25, 0.3) is 22.3 Å². The maximum absolute atomic E-state index is 13.5. The monoisotopic (exact) mass is 452 g/mol. The van der Waals surface area contributed by atoms with Crippen molar-refractivity contribution in [2.75, 3.05) is 6.26 Å². The summed E-state index contributed by atoms with van der Waals surface area (Å²) < 4.78 is 52.0. The molecule has 8 heteroatoms. The van der Waals surface area contributed by atoms with Gasteiger partial charge >= 0.3 is 0 Å². The standard InChI is InChI=1S/C24H18F2N2O3S/c1-32(30,31)21-4-2-3-18(13-21)22-14-27-28(15-16-5-9-19(25)10-6-16)24(29)23(22)17-7-11-20(26)12-8-17/h2-14H,15H2,1H3. The molecule has 4 rings (SSSR count). The molecule has 4 aromatic rings. The fourth-order valence-corrected chi connectivity index (χ4v) is 4.04. The zero-order valence-electron chi connectivity index (χ0n) is 17.0. The van der Waals surface area contributed by atoms with E-state index in [0.717, 1.165) is 6.26 Å². The molecule has 1 aromatic heterocycles. The molecule has 32 heavy (non-hydrogen) atoms. The molecule has 0 radical (unpaired) electrons. The van der Waals surface area contributed by atoms with Crippen LogP contribution < -0.4 is 5.56 Å². The van der Waals surface area contributed by atoms with E-state index in [1.807, 2.05) is 0 Å². The first-order valence-electron chi connectivity index (χ1n) is 9.63. The topological polar surface area (TPSA) is 69.0 Å². The molecule has 0 saturated carbocycles. The molecule has 5 nitrogen and oxygen atoms in total. The lowest BCUT2D eigenvalue weighted by Gasteiger charge is -2.13. The molecule has 0 unspecified atom stereocenters. The molecule has 0 N–H and O–H groups in total. The first kappa shape index (κ1) is 21.6. The van der Waals surface area contributed by atoms with Crippen LogP contribution in [0, 0.1) is 11.6 Å². The molecular formula is C24H18F2N2O3S. The number of rotatable bonds is 5. The number of aromatic nitrogens is 2. The highest BCUT2D eigenvalue weighted by Gasteiger charge is 2.17. The highest BCUT2D eigenvalue weighted by molar-refractivity contribution is 7.90. The van der Waals surface area contributed by atoms with Crippen LogP contribution in [0.3, 0.4) is 0 Å². The van der Waals surface area contributed by atoms with Gasteiger partial charge in [0.2, 0.25) is 0 Å². The SMILES string of the molecule is CS(=O)(=O)c1cccc(-c2cnn(Cc3ccc(F)cc3)c(=O)c2-c2ccc(F)cc2)c1. The largest absolute Gasteiger partial charge is 0.275 e. The van der Waals surface area contributed by atoms with Crippen molar-refractivity contribution in [3.05, 3.63) is 107 Å². The van der Waals surface area contributed by atoms with E-state index in [9.17, 15) is 22.0 Å². The van der Waals surface area contributed by atoms with Gasteiger partial charge in [0, 0.05) is 11.8 Å². The minimum atomic E-state index is -3.46. The average molecular weight is 452 g/mol. The summed E-state index contributed by atoms with van der Waals surface area (Å²) in [4.78, 5) is 13.5. The van der Waals surface area contributed by atoms with Crippen molar-refractivity contribution < 1.29 is 17.2 Å². The number of hydrogen-bond donors (Lipinski definition) is 0. The maximum atomic E-state index is 13.5. The fourth-order valence-electron chi connectivity index (χ4n) is 3.37. The maximum Gasteiger partial charge on any atom is 0.275 e. The minimum Gasteiger partial charge on any atom is -0.267 e. The Hall–Kier alpha value is -3.65. The van der Waals surface area contributed by atoms with Gasteiger partial charge in [-0.1, -0.05) is 36.4 Å². The van der Waals surface area contributed by atoms with E-state index in [1.165, 1.54) is 59.4 Å². The van der Waals surface area contributed by atoms with Gasteiger partial charge in [-0.25, -0.2) is 21.9 Å². The van der Waals surface area contributed by atoms with Crippen molar-refractivity contribution in [3.8, 4) is 22.3 Å². The summed E-state index contributed by atoms with van der Waals surface area (Å²) in [6, 6.07) is 17.4. The van der Waals surface area contributed by atoms with Gasteiger partial charge in [-0.2, -0.15) is 5.10 Å². The van der Waals surface area contributed by atoms with Crippen molar-refractivity contribution in [1.29, 1.82) is 0 Å². The van der Waals surface area contributed by atoms with Gasteiger partial charge in [0.1, 0.15) is 11.6 Å². The molecule has 0 aliphatic carbocycles. The van der Waals surface area contributed by atoms with Crippen LogP contribution in [0.15, 0.2) is 88.7 Å². The molecule has 0 atom stereocenters. The van der Waals surface area contributed by atoms with Crippen LogP contribution in [-0.4, -0.2) is 24.5 Å². The van der Waals surface area contributed by atoms with E-state index in [2.05, 4.69) is 5.10 Å². The van der Waals surface area contributed by atoms with Crippen LogP contribution in [0.5, 0.6) is 0 Å². The lowest BCUT2D eigenvalue weighted by atomic mass is 9.97. The first-order chi connectivity index (χ1) is 15.2. The second kappa shape index (κ2) is 8.47. The molecule has 0 aliphatic heterocycles. The van der Waals surface area contributed by atoms with Crippen LogP contribution in [-0.2, 0) is 16.4 Å². The fraction of sp³-hybridized carbons (Fsp3) is 0.0833. The predicted octanol–water partition coefficient (Wildman–Crippen LogP) is 4.31. The zero-order chi connectivity index (χ0) is 22.9. The molecule has 3 aromatic carbocycles. The molecule has 162 valence electrons. The summed E-state index contributed by atoms with van der Waals surface area (Å²) in [7, 11) is -3.46.